The Morgan fingerprint density at radius 3 is 2.95 bits per heavy atom. The normalized spacial score (nSPS) is 18.8. The number of hydrogen-bond donors (Lipinski definition) is 1. The summed E-state index contributed by atoms with van der Waals surface area (Å²) in [5.41, 5.74) is 5.28. The van der Waals surface area contributed by atoms with E-state index in [9.17, 15) is 0 Å². The van der Waals surface area contributed by atoms with E-state index in [1.165, 1.54) is 22.4 Å². The van der Waals surface area contributed by atoms with Crippen molar-refractivity contribution >= 4 is 5.69 Å². The third-order valence-corrected chi connectivity index (χ3v) is 4.46. The molecule has 0 fully saturated rings. The highest BCUT2D eigenvalue weighted by atomic mass is 16.5. The Morgan fingerprint density at radius 1 is 1.10 bits per heavy atom. The summed E-state index contributed by atoms with van der Waals surface area (Å²) in [6.07, 6.45) is 3.28. The molecule has 1 heterocycles. The van der Waals surface area contributed by atoms with Crippen molar-refractivity contribution in [2.24, 2.45) is 0 Å². The van der Waals surface area contributed by atoms with E-state index in [2.05, 4.69) is 35.6 Å². The molecule has 0 radical (unpaired) electrons. The maximum Gasteiger partial charge on any atom is 0.122 e. The molecule has 0 saturated carbocycles. The predicted molar refractivity (Wildman–Crippen MR) is 83.3 cm³/mol. The number of aryl methyl sites for hydroxylation is 1. The van der Waals surface area contributed by atoms with E-state index in [-0.39, 0.29) is 0 Å². The lowest BCUT2D eigenvalue weighted by Crippen LogP contribution is -2.07. The molecule has 0 saturated heterocycles. The Balaban J connectivity index is 1.59. The quantitative estimate of drug-likeness (QED) is 0.930. The maximum atomic E-state index is 5.57. The number of rotatable bonds is 3. The van der Waals surface area contributed by atoms with Crippen molar-refractivity contribution in [3.63, 3.8) is 0 Å². The van der Waals surface area contributed by atoms with Gasteiger partial charge in [-0.3, -0.25) is 0 Å². The number of anilines is 1. The van der Waals surface area contributed by atoms with Crippen molar-refractivity contribution in [2.75, 3.05) is 19.0 Å². The Labute approximate surface area is 124 Å². The van der Waals surface area contributed by atoms with Crippen molar-refractivity contribution in [3.8, 4) is 11.5 Å². The van der Waals surface area contributed by atoms with E-state index in [1.54, 1.807) is 7.11 Å². The monoisotopic (exact) mass is 281 g/mol. The highest BCUT2D eigenvalue weighted by molar-refractivity contribution is 5.55. The van der Waals surface area contributed by atoms with Crippen molar-refractivity contribution in [1.82, 2.24) is 0 Å². The average molecular weight is 281 g/mol. The van der Waals surface area contributed by atoms with Gasteiger partial charge in [-0.25, -0.2) is 0 Å². The second kappa shape index (κ2) is 4.99. The molecule has 108 valence electrons. The Morgan fingerprint density at radius 2 is 2.05 bits per heavy atom. The smallest absolute Gasteiger partial charge is 0.122 e. The molecule has 1 N–H and O–H groups in total. The van der Waals surface area contributed by atoms with Crippen LogP contribution in [0.25, 0.3) is 0 Å². The summed E-state index contributed by atoms with van der Waals surface area (Å²) in [4.78, 5) is 0. The third kappa shape index (κ3) is 2.23. The van der Waals surface area contributed by atoms with Crippen LogP contribution in [-0.4, -0.2) is 13.7 Å². The Bertz CT molecular complexity index is 681. The molecule has 2 aromatic rings. The van der Waals surface area contributed by atoms with Gasteiger partial charge in [-0.1, -0.05) is 6.07 Å². The predicted octanol–water partition coefficient (Wildman–Crippen LogP) is 3.73. The lowest BCUT2D eigenvalue weighted by molar-refractivity contribution is 0.357. The number of hydrogen-bond acceptors (Lipinski definition) is 3. The van der Waals surface area contributed by atoms with Gasteiger partial charge < -0.3 is 14.8 Å². The fraction of sp³-hybridized carbons (Fsp3) is 0.333. The van der Waals surface area contributed by atoms with Crippen LogP contribution in [0.15, 0.2) is 36.4 Å². The van der Waals surface area contributed by atoms with E-state index in [4.69, 9.17) is 9.47 Å². The second-order valence-electron chi connectivity index (χ2n) is 5.72. The molecule has 2 aliphatic rings. The molecule has 1 aliphatic carbocycles. The minimum absolute atomic E-state index is 0.371. The fourth-order valence-corrected chi connectivity index (χ4v) is 3.33. The van der Waals surface area contributed by atoms with Crippen LogP contribution in [0, 0.1) is 0 Å². The van der Waals surface area contributed by atoms with Gasteiger partial charge in [0.25, 0.3) is 0 Å². The summed E-state index contributed by atoms with van der Waals surface area (Å²) in [6, 6.07) is 13.2. The molecular weight excluding hydrogens is 262 g/mol. The minimum atomic E-state index is 0.371. The van der Waals surface area contributed by atoms with Crippen molar-refractivity contribution in [3.05, 3.63) is 53.1 Å². The fourth-order valence-electron chi connectivity index (χ4n) is 3.33. The second-order valence-corrected chi connectivity index (χ2v) is 5.72. The van der Waals surface area contributed by atoms with Gasteiger partial charge in [-0.2, -0.15) is 0 Å². The van der Waals surface area contributed by atoms with Crippen LogP contribution in [0.2, 0.25) is 0 Å². The molecule has 0 amide bonds. The number of methoxy groups -OCH3 is 1. The molecule has 3 nitrogen and oxygen atoms in total. The summed E-state index contributed by atoms with van der Waals surface area (Å²) in [5, 5.41) is 3.67. The minimum Gasteiger partial charge on any atom is -0.497 e. The number of benzene rings is 2. The van der Waals surface area contributed by atoms with E-state index in [0.29, 0.717) is 6.04 Å². The summed E-state index contributed by atoms with van der Waals surface area (Å²) < 4.78 is 10.9. The number of fused-ring (bicyclic) bond motifs is 2. The molecule has 4 rings (SSSR count). The van der Waals surface area contributed by atoms with Gasteiger partial charge >= 0.3 is 0 Å². The summed E-state index contributed by atoms with van der Waals surface area (Å²) >= 11 is 0. The summed E-state index contributed by atoms with van der Waals surface area (Å²) in [6.45, 7) is 0.808. The van der Waals surface area contributed by atoms with Crippen molar-refractivity contribution in [2.45, 2.75) is 25.3 Å². The summed E-state index contributed by atoms with van der Waals surface area (Å²) in [5.74, 6) is 1.97. The van der Waals surface area contributed by atoms with Gasteiger partial charge in [0.05, 0.1) is 19.8 Å². The maximum absolute atomic E-state index is 5.57. The standard InChI is InChI=1S/C18H19NO2/c1-20-15-5-2-12-3-6-17(16(12)11-15)19-14-4-7-18-13(10-14)8-9-21-18/h2,4-5,7,10-11,17,19H,3,6,8-9H2,1H3. The lowest BCUT2D eigenvalue weighted by atomic mass is 10.1. The van der Waals surface area contributed by atoms with E-state index >= 15 is 0 Å². The van der Waals surface area contributed by atoms with Crippen LogP contribution in [-0.2, 0) is 12.8 Å². The highest BCUT2D eigenvalue weighted by Crippen LogP contribution is 2.37. The zero-order valence-corrected chi connectivity index (χ0v) is 12.2. The Kier molecular flexibility index (Phi) is 2.99. The topological polar surface area (TPSA) is 30.5 Å². The van der Waals surface area contributed by atoms with Gasteiger partial charge in [-0.15, -0.1) is 0 Å². The zero-order valence-electron chi connectivity index (χ0n) is 12.2. The van der Waals surface area contributed by atoms with Crippen LogP contribution in [0.1, 0.15) is 29.2 Å². The molecule has 2 aromatic carbocycles. The van der Waals surface area contributed by atoms with Gasteiger partial charge in [-0.05, 0) is 59.9 Å². The van der Waals surface area contributed by atoms with Crippen LogP contribution in [0.3, 0.4) is 0 Å². The molecule has 21 heavy (non-hydrogen) atoms. The molecule has 1 aliphatic heterocycles. The average Bonchev–Trinajstić information content (AvgIpc) is 3.13. The third-order valence-electron chi connectivity index (χ3n) is 4.46. The molecule has 1 unspecified atom stereocenters. The lowest BCUT2D eigenvalue weighted by Gasteiger charge is -2.17. The van der Waals surface area contributed by atoms with Gasteiger partial charge in [0.15, 0.2) is 0 Å². The van der Waals surface area contributed by atoms with Crippen LogP contribution < -0.4 is 14.8 Å². The first kappa shape index (κ1) is 12.6. The largest absolute Gasteiger partial charge is 0.497 e. The molecular formula is C18H19NO2. The van der Waals surface area contributed by atoms with Gasteiger partial charge in [0, 0.05) is 12.1 Å². The molecule has 0 spiro atoms. The van der Waals surface area contributed by atoms with Crippen LogP contribution in [0.4, 0.5) is 5.69 Å². The van der Waals surface area contributed by atoms with E-state index < -0.39 is 0 Å². The number of ether oxygens (including phenoxy) is 2. The zero-order chi connectivity index (χ0) is 14.2. The molecule has 0 aromatic heterocycles. The van der Waals surface area contributed by atoms with E-state index in [0.717, 1.165) is 37.4 Å². The highest BCUT2D eigenvalue weighted by Gasteiger charge is 2.23. The first-order chi connectivity index (χ1) is 10.3. The first-order valence-corrected chi connectivity index (χ1v) is 7.52. The van der Waals surface area contributed by atoms with Gasteiger partial charge in [0.2, 0.25) is 0 Å². The van der Waals surface area contributed by atoms with Crippen LogP contribution >= 0.6 is 0 Å². The number of nitrogens with one attached hydrogen (secondary N) is 1. The SMILES string of the molecule is COc1ccc2c(c1)C(Nc1ccc3c(c1)CCO3)CC2. The first-order valence-electron chi connectivity index (χ1n) is 7.52. The van der Waals surface area contributed by atoms with Crippen molar-refractivity contribution in [1.29, 1.82) is 0 Å². The molecule has 0 bridgehead atoms. The summed E-state index contributed by atoms with van der Waals surface area (Å²) in [7, 11) is 1.72. The molecule has 1 atom stereocenters. The van der Waals surface area contributed by atoms with Gasteiger partial charge in [0.1, 0.15) is 11.5 Å². The van der Waals surface area contributed by atoms with Crippen LogP contribution in [0.5, 0.6) is 11.5 Å². The molecule has 3 heteroatoms. The van der Waals surface area contributed by atoms with E-state index in [1.807, 2.05) is 6.07 Å². The van der Waals surface area contributed by atoms with Crippen molar-refractivity contribution < 1.29 is 9.47 Å². The Hall–Kier alpha value is -2.16.